The normalized spacial score (nSPS) is 21.0. The summed E-state index contributed by atoms with van der Waals surface area (Å²) in [7, 11) is -2.92. The molecule has 21 heavy (non-hydrogen) atoms. The number of sulfone groups is 1. The van der Waals surface area contributed by atoms with E-state index in [-0.39, 0.29) is 29.4 Å². The van der Waals surface area contributed by atoms with E-state index in [1.807, 2.05) is 38.1 Å². The molecule has 2 N–H and O–H groups in total. The third-order valence-electron chi connectivity index (χ3n) is 3.49. The zero-order valence-electron chi connectivity index (χ0n) is 12.4. The second-order valence-electron chi connectivity index (χ2n) is 5.82. The molecule has 1 fully saturated rings. The molecule has 0 spiro atoms. The first-order valence-corrected chi connectivity index (χ1v) is 9.06. The van der Waals surface area contributed by atoms with E-state index in [4.69, 9.17) is 0 Å². The molecule has 1 aromatic carbocycles. The minimum atomic E-state index is -2.92. The average Bonchev–Trinajstić information content (AvgIpc) is 2.37. The smallest absolute Gasteiger partial charge is 0.226 e. The van der Waals surface area contributed by atoms with E-state index in [0.29, 0.717) is 6.42 Å². The minimum Gasteiger partial charge on any atom is -0.381 e. The van der Waals surface area contributed by atoms with Gasteiger partial charge in [-0.3, -0.25) is 4.79 Å². The largest absolute Gasteiger partial charge is 0.381 e. The summed E-state index contributed by atoms with van der Waals surface area (Å²) >= 11 is 0. The van der Waals surface area contributed by atoms with Crippen LogP contribution in [0.4, 0.5) is 11.4 Å². The Kier molecular flexibility index (Phi) is 4.88. The number of hydrogen-bond acceptors (Lipinski definition) is 4. The van der Waals surface area contributed by atoms with Crippen LogP contribution in [-0.4, -0.2) is 31.9 Å². The molecule has 0 saturated carbocycles. The fraction of sp³-hybridized carbons (Fsp3) is 0.533. The van der Waals surface area contributed by atoms with Crippen molar-refractivity contribution in [2.24, 2.45) is 5.92 Å². The van der Waals surface area contributed by atoms with Crippen molar-refractivity contribution < 1.29 is 13.2 Å². The zero-order chi connectivity index (χ0) is 15.5. The summed E-state index contributed by atoms with van der Waals surface area (Å²) < 4.78 is 23.3. The van der Waals surface area contributed by atoms with Gasteiger partial charge in [-0.15, -0.1) is 0 Å². The van der Waals surface area contributed by atoms with Crippen molar-refractivity contribution in [1.29, 1.82) is 0 Å². The van der Waals surface area contributed by atoms with Gasteiger partial charge < -0.3 is 10.6 Å². The fourth-order valence-electron chi connectivity index (χ4n) is 2.35. The molecule has 1 unspecified atom stereocenters. The highest BCUT2D eigenvalue weighted by Crippen LogP contribution is 2.20. The lowest BCUT2D eigenvalue weighted by Crippen LogP contribution is -2.34. The quantitative estimate of drug-likeness (QED) is 0.894. The number of anilines is 2. The standard InChI is InChI=1S/C15H22N2O3S/c1-11(2)15(18)17-13-6-3-5-12(9-13)16-14-7-4-8-21(19,20)10-14/h3,5-6,9,11,14,16H,4,7-8,10H2,1-2H3,(H,17,18). The SMILES string of the molecule is CC(C)C(=O)Nc1cccc(NC2CCCS(=O)(=O)C2)c1. The Bertz CT molecular complexity index is 611. The number of nitrogens with one attached hydrogen (secondary N) is 2. The highest BCUT2D eigenvalue weighted by molar-refractivity contribution is 7.91. The molecule has 1 amide bonds. The van der Waals surface area contributed by atoms with Gasteiger partial charge in [0.15, 0.2) is 9.84 Å². The summed E-state index contributed by atoms with van der Waals surface area (Å²) in [5, 5.41) is 6.09. The minimum absolute atomic E-state index is 0.0348. The van der Waals surface area contributed by atoms with E-state index >= 15 is 0 Å². The monoisotopic (exact) mass is 310 g/mol. The maximum absolute atomic E-state index is 11.7. The highest BCUT2D eigenvalue weighted by atomic mass is 32.2. The average molecular weight is 310 g/mol. The van der Waals surface area contributed by atoms with E-state index in [1.54, 1.807) is 0 Å². The van der Waals surface area contributed by atoms with Crippen LogP contribution in [0.15, 0.2) is 24.3 Å². The fourth-order valence-corrected chi connectivity index (χ4v) is 3.98. The lowest BCUT2D eigenvalue weighted by molar-refractivity contribution is -0.118. The summed E-state index contributed by atoms with van der Waals surface area (Å²) in [6.07, 6.45) is 1.55. The summed E-state index contributed by atoms with van der Waals surface area (Å²) in [6, 6.07) is 7.33. The van der Waals surface area contributed by atoms with Gasteiger partial charge in [-0.1, -0.05) is 19.9 Å². The number of benzene rings is 1. The molecule has 0 aliphatic carbocycles. The van der Waals surface area contributed by atoms with Gasteiger partial charge in [-0.05, 0) is 31.0 Å². The second kappa shape index (κ2) is 6.47. The zero-order valence-corrected chi connectivity index (χ0v) is 13.2. The molecule has 2 rings (SSSR count). The molecule has 1 heterocycles. The summed E-state index contributed by atoms with van der Waals surface area (Å²) in [5.41, 5.74) is 1.55. The third kappa shape index (κ3) is 4.74. The Balaban J connectivity index is 2.02. The Morgan fingerprint density at radius 3 is 2.67 bits per heavy atom. The van der Waals surface area contributed by atoms with Gasteiger partial charge >= 0.3 is 0 Å². The molecular formula is C15H22N2O3S. The van der Waals surface area contributed by atoms with Gasteiger partial charge in [-0.25, -0.2) is 8.42 Å². The molecule has 0 radical (unpaired) electrons. The molecule has 1 aliphatic rings. The van der Waals surface area contributed by atoms with Crippen LogP contribution >= 0.6 is 0 Å². The van der Waals surface area contributed by atoms with Gasteiger partial charge in [0.1, 0.15) is 0 Å². The van der Waals surface area contributed by atoms with Gasteiger partial charge in [0.2, 0.25) is 5.91 Å². The van der Waals surface area contributed by atoms with E-state index in [2.05, 4.69) is 10.6 Å². The van der Waals surface area contributed by atoms with Crippen molar-refractivity contribution >= 4 is 27.1 Å². The number of hydrogen-bond donors (Lipinski definition) is 2. The maximum Gasteiger partial charge on any atom is 0.226 e. The van der Waals surface area contributed by atoms with E-state index in [1.165, 1.54) is 0 Å². The highest BCUT2D eigenvalue weighted by Gasteiger charge is 2.24. The van der Waals surface area contributed by atoms with E-state index in [9.17, 15) is 13.2 Å². The Labute approximate surface area is 126 Å². The maximum atomic E-state index is 11.7. The van der Waals surface area contributed by atoms with Gasteiger partial charge in [0, 0.05) is 23.3 Å². The molecule has 1 atom stereocenters. The molecule has 1 saturated heterocycles. The van der Waals surface area contributed by atoms with Crippen molar-refractivity contribution in [3.8, 4) is 0 Å². The predicted molar refractivity (Wildman–Crippen MR) is 85.2 cm³/mol. The first-order chi connectivity index (χ1) is 9.85. The molecule has 6 heteroatoms. The predicted octanol–water partition coefficient (Wildman–Crippen LogP) is 2.27. The van der Waals surface area contributed by atoms with Crippen LogP contribution in [0.3, 0.4) is 0 Å². The van der Waals surface area contributed by atoms with Crippen molar-refractivity contribution in [3.05, 3.63) is 24.3 Å². The van der Waals surface area contributed by atoms with Gasteiger partial charge in [0.05, 0.1) is 11.5 Å². The molecule has 5 nitrogen and oxygen atoms in total. The first kappa shape index (κ1) is 15.8. The molecule has 1 aromatic rings. The van der Waals surface area contributed by atoms with Crippen LogP contribution in [0.2, 0.25) is 0 Å². The number of carbonyl (C=O) groups is 1. The molecule has 0 aromatic heterocycles. The van der Waals surface area contributed by atoms with E-state index < -0.39 is 9.84 Å². The summed E-state index contributed by atoms with van der Waals surface area (Å²) in [6.45, 7) is 3.68. The molecule has 1 aliphatic heterocycles. The van der Waals surface area contributed by atoms with Gasteiger partial charge in [-0.2, -0.15) is 0 Å². The van der Waals surface area contributed by atoms with Crippen LogP contribution in [0.25, 0.3) is 0 Å². The summed E-state index contributed by atoms with van der Waals surface area (Å²) in [4.78, 5) is 11.7. The topological polar surface area (TPSA) is 75.3 Å². The van der Waals surface area contributed by atoms with Crippen molar-refractivity contribution in [3.63, 3.8) is 0 Å². The Morgan fingerprint density at radius 1 is 1.29 bits per heavy atom. The van der Waals surface area contributed by atoms with Crippen molar-refractivity contribution in [2.45, 2.75) is 32.7 Å². The number of rotatable bonds is 4. The van der Waals surface area contributed by atoms with Crippen molar-refractivity contribution in [1.82, 2.24) is 0 Å². The number of amides is 1. The van der Waals surface area contributed by atoms with Crippen LogP contribution in [0.1, 0.15) is 26.7 Å². The number of carbonyl (C=O) groups excluding carboxylic acids is 1. The lowest BCUT2D eigenvalue weighted by Gasteiger charge is -2.24. The third-order valence-corrected chi connectivity index (χ3v) is 5.31. The Hall–Kier alpha value is -1.56. The molecular weight excluding hydrogens is 288 g/mol. The van der Waals surface area contributed by atoms with Crippen LogP contribution in [0.5, 0.6) is 0 Å². The Morgan fingerprint density at radius 2 is 2.00 bits per heavy atom. The van der Waals surface area contributed by atoms with Crippen LogP contribution in [0, 0.1) is 5.92 Å². The molecule has 0 bridgehead atoms. The summed E-state index contributed by atoms with van der Waals surface area (Å²) in [5.74, 6) is 0.350. The van der Waals surface area contributed by atoms with Crippen LogP contribution in [-0.2, 0) is 14.6 Å². The first-order valence-electron chi connectivity index (χ1n) is 7.23. The second-order valence-corrected chi connectivity index (χ2v) is 8.05. The lowest BCUT2D eigenvalue weighted by atomic mass is 10.1. The van der Waals surface area contributed by atoms with Gasteiger partial charge in [0.25, 0.3) is 0 Å². The van der Waals surface area contributed by atoms with E-state index in [0.717, 1.165) is 17.8 Å². The van der Waals surface area contributed by atoms with Crippen LogP contribution < -0.4 is 10.6 Å². The molecule has 116 valence electrons. The van der Waals surface area contributed by atoms with Crippen molar-refractivity contribution in [2.75, 3.05) is 22.1 Å².